The lowest BCUT2D eigenvalue weighted by Gasteiger charge is -2.30. The van der Waals surface area contributed by atoms with Gasteiger partial charge in [-0.05, 0) is 45.1 Å². The molecule has 1 aromatic heterocycles. The Morgan fingerprint density at radius 3 is 2.67 bits per heavy atom. The van der Waals surface area contributed by atoms with Gasteiger partial charge in [-0.3, -0.25) is 4.79 Å². The molecule has 1 saturated heterocycles. The predicted octanol–water partition coefficient (Wildman–Crippen LogP) is 0.968. The van der Waals surface area contributed by atoms with Gasteiger partial charge < -0.3 is 15.5 Å². The average Bonchev–Trinajstić information content (AvgIpc) is 2.39. The van der Waals surface area contributed by atoms with Crippen LogP contribution in [0.1, 0.15) is 12.8 Å². The molecule has 2 rings (SSSR count). The molecule has 1 aliphatic heterocycles. The number of nitrogen functional groups attached to an aromatic ring is 1. The number of nitrogens with zero attached hydrogens (tertiary/aromatic N) is 3. The summed E-state index contributed by atoms with van der Waals surface area (Å²) in [5, 5.41) is 0. The summed E-state index contributed by atoms with van der Waals surface area (Å²) in [5.74, 6) is 0.775. The molecule has 0 atom stereocenters. The number of amides is 1. The number of aromatic nitrogens is 1. The van der Waals surface area contributed by atoms with Crippen molar-refractivity contribution in [3.63, 3.8) is 0 Å². The van der Waals surface area contributed by atoms with Gasteiger partial charge in [0, 0.05) is 13.0 Å². The van der Waals surface area contributed by atoms with E-state index in [9.17, 15) is 4.79 Å². The molecule has 0 unspecified atom stereocenters. The van der Waals surface area contributed by atoms with Crippen LogP contribution < -0.4 is 10.6 Å². The van der Waals surface area contributed by atoms with E-state index in [4.69, 9.17) is 5.73 Å². The second kappa shape index (κ2) is 5.35. The number of carbonyl (C=O) groups is 1. The third-order valence-electron chi connectivity index (χ3n) is 3.56. The van der Waals surface area contributed by atoms with Gasteiger partial charge in [0.1, 0.15) is 5.82 Å². The van der Waals surface area contributed by atoms with Gasteiger partial charge in [0.25, 0.3) is 0 Å². The SMILES string of the molecule is CN1CCC(C(=O)N(C)c2ccc(N)nc2)CC1. The fourth-order valence-electron chi connectivity index (χ4n) is 2.25. The maximum absolute atomic E-state index is 12.3. The number of likely N-dealkylation sites (tertiary alicyclic amines) is 1. The van der Waals surface area contributed by atoms with E-state index >= 15 is 0 Å². The highest BCUT2D eigenvalue weighted by Gasteiger charge is 2.26. The number of piperidine rings is 1. The first-order valence-corrected chi connectivity index (χ1v) is 6.25. The lowest BCUT2D eigenvalue weighted by atomic mass is 9.95. The zero-order valence-electron chi connectivity index (χ0n) is 11.0. The van der Waals surface area contributed by atoms with Gasteiger partial charge in [-0.2, -0.15) is 0 Å². The summed E-state index contributed by atoms with van der Waals surface area (Å²) in [6.07, 6.45) is 3.51. The number of hydrogen-bond acceptors (Lipinski definition) is 4. The van der Waals surface area contributed by atoms with E-state index in [0.717, 1.165) is 31.6 Å². The molecule has 18 heavy (non-hydrogen) atoms. The van der Waals surface area contributed by atoms with Crippen LogP contribution in [0, 0.1) is 5.92 Å². The summed E-state index contributed by atoms with van der Waals surface area (Å²) in [4.78, 5) is 20.3. The molecule has 1 aliphatic rings. The zero-order chi connectivity index (χ0) is 13.1. The zero-order valence-corrected chi connectivity index (χ0v) is 11.0. The molecule has 0 bridgehead atoms. The monoisotopic (exact) mass is 248 g/mol. The Kier molecular flexibility index (Phi) is 3.81. The van der Waals surface area contributed by atoms with E-state index in [-0.39, 0.29) is 11.8 Å². The smallest absolute Gasteiger partial charge is 0.229 e. The van der Waals surface area contributed by atoms with Crippen LogP contribution >= 0.6 is 0 Å². The Morgan fingerprint density at radius 2 is 2.11 bits per heavy atom. The summed E-state index contributed by atoms with van der Waals surface area (Å²) in [7, 11) is 3.89. The van der Waals surface area contributed by atoms with Crippen LogP contribution in [-0.4, -0.2) is 43.0 Å². The second-order valence-corrected chi connectivity index (χ2v) is 4.92. The van der Waals surface area contributed by atoms with E-state index < -0.39 is 0 Å². The van der Waals surface area contributed by atoms with Crippen molar-refractivity contribution in [1.82, 2.24) is 9.88 Å². The van der Waals surface area contributed by atoms with E-state index in [0.29, 0.717) is 5.82 Å². The number of hydrogen-bond donors (Lipinski definition) is 1. The molecule has 2 heterocycles. The van der Waals surface area contributed by atoms with Gasteiger partial charge in [0.2, 0.25) is 5.91 Å². The summed E-state index contributed by atoms with van der Waals surface area (Å²) in [6, 6.07) is 3.54. The molecular weight excluding hydrogens is 228 g/mol. The fourth-order valence-corrected chi connectivity index (χ4v) is 2.25. The summed E-state index contributed by atoms with van der Waals surface area (Å²) < 4.78 is 0. The van der Waals surface area contributed by atoms with Crippen LogP contribution in [0.3, 0.4) is 0 Å². The Labute approximate surface area is 108 Å². The molecule has 0 spiro atoms. The molecule has 0 aliphatic carbocycles. The second-order valence-electron chi connectivity index (χ2n) is 4.92. The van der Waals surface area contributed by atoms with Crippen LogP contribution in [-0.2, 0) is 4.79 Å². The van der Waals surface area contributed by atoms with Crippen molar-refractivity contribution in [2.45, 2.75) is 12.8 Å². The minimum atomic E-state index is 0.128. The van der Waals surface area contributed by atoms with Crippen molar-refractivity contribution in [3.8, 4) is 0 Å². The van der Waals surface area contributed by atoms with E-state index in [1.165, 1.54) is 0 Å². The minimum Gasteiger partial charge on any atom is -0.384 e. The van der Waals surface area contributed by atoms with Crippen LogP contribution in [0.5, 0.6) is 0 Å². The average molecular weight is 248 g/mol. The quantitative estimate of drug-likeness (QED) is 0.847. The van der Waals surface area contributed by atoms with Gasteiger partial charge in [0.05, 0.1) is 11.9 Å². The lowest BCUT2D eigenvalue weighted by molar-refractivity contribution is -0.123. The molecular formula is C13H20N4O. The van der Waals surface area contributed by atoms with Crippen molar-refractivity contribution < 1.29 is 4.79 Å². The van der Waals surface area contributed by atoms with Crippen molar-refractivity contribution in [2.24, 2.45) is 5.92 Å². The van der Waals surface area contributed by atoms with Crippen molar-refractivity contribution >= 4 is 17.4 Å². The van der Waals surface area contributed by atoms with Crippen LogP contribution in [0.25, 0.3) is 0 Å². The summed E-state index contributed by atoms with van der Waals surface area (Å²) >= 11 is 0. The number of rotatable bonds is 2. The van der Waals surface area contributed by atoms with Crippen molar-refractivity contribution in [2.75, 3.05) is 37.8 Å². The third kappa shape index (κ3) is 2.79. The molecule has 1 amide bonds. The molecule has 5 heteroatoms. The highest BCUT2D eigenvalue weighted by Crippen LogP contribution is 2.21. The Balaban J connectivity index is 2.02. The first-order valence-electron chi connectivity index (χ1n) is 6.25. The highest BCUT2D eigenvalue weighted by molar-refractivity contribution is 5.94. The summed E-state index contributed by atoms with van der Waals surface area (Å²) in [5.41, 5.74) is 6.34. The number of carbonyl (C=O) groups excluding carboxylic acids is 1. The van der Waals surface area contributed by atoms with Gasteiger partial charge >= 0.3 is 0 Å². The van der Waals surface area contributed by atoms with Crippen LogP contribution in [0.4, 0.5) is 11.5 Å². The summed E-state index contributed by atoms with van der Waals surface area (Å²) in [6.45, 7) is 1.98. The van der Waals surface area contributed by atoms with Gasteiger partial charge in [-0.1, -0.05) is 0 Å². The van der Waals surface area contributed by atoms with Crippen molar-refractivity contribution in [3.05, 3.63) is 18.3 Å². The first kappa shape index (κ1) is 12.8. The highest BCUT2D eigenvalue weighted by atomic mass is 16.2. The van der Waals surface area contributed by atoms with Gasteiger partial charge in [-0.15, -0.1) is 0 Å². The molecule has 0 radical (unpaired) electrons. The van der Waals surface area contributed by atoms with Crippen LogP contribution in [0.2, 0.25) is 0 Å². The molecule has 5 nitrogen and oxygen atoms in total. The lowest BCUT2D eigenvalue weighted by Crippen LogP contribution is -2.40. The number of nitrogens with two attached hydrogens (primary N) is 1. The van der Waals surface area contributed by atoms with Crippen molar-refractivity contribution in [1.29, 1.82) is 0 Å². The topological polar surface area (TPSA) is 62.5 Å². The Bertz CT molecular complexity index is 410. The number of pyridine rings is 1. The maximum atomic E-state index is 12.3. The molecule has 0 saturated carbocycles. The molecule has 1 fully saturated rings. The van der Waals surface area contributed by atoms with Crippen LogP contribution in [0.15, 0.2) is 18.3 Å². The third-order valence-corrected chi connectivity index (χ3v) is 3.56. The molecule has 0 aromatic carbocycles. The number of anilines is 2. The van der Waals surface area contributed by atoms with Gasteiger partial charge in [-0.25, -0.2) is 4.98 Å². The Morgan fingerprint density at radius 1 is 1.44 bits per heavy atom. The minimum absolute atomic E-state index is 0.128. The maximum Gasteiger partial charge on any atom is 0.229 e. The molecule has 1 aromatic rings. The normalized spacial score (nSPS) is 17.7. The molecule has 98 valence electrons. The van der Waals surface area contributed by atoms with E-state index in [1.54, 1.807) is 24.2 Å². The first-order chi connectivity index (χ1) is 8.58. The van der Waals surface area contributed by atoms with E-state index in [2.05, 4.69) is 16.9 Å². The largest absolute Gasteiger partial charge is 0.384 e. The standard InChI is InChI=1S/C13H20N4O/c1-16-7-5-10(6-8-16)13(18)17(2)11-3-4-12(14)15-9-11/h3-4,9-10H,5-8H2,1-2H3,(H2,14,15). The molecule has 2 N–H and O–H groups in total. The Hall–Kier alpha value is -1.62. The van der Waals surface area contributed by atoms with E-state index in [1.807, 2.05) is 6.07 Å². The fraction of sp³-hybridized carbons (Fsp3) is 0.538. The van der Waals surface area contributed by atoms with Gasteiger partial charge in [0.15, 0.2) is 0 Å². The predicted molar refractivity (Wildman–Crippen MR) is 72.3 cm³/mol.